The van der Waals surface area contributed by atoms with Crippen molar-refractivity contribution in [3.63, 3.8) is 0 Å². The molecule has 0 unspecified atom stereocenters. The minimum absolute atomic E-state index is 0.0253. The number of nitrogens with zero attached hydrogens (tertiary/aromatic N) is 3. The Morgan fingerprint density at radius 3 is 2.44 bits per heavy atom. The summed E-state index contributed by atoms with van der Waals surface area (Å²) in [5.41, 5.74) is 6.55. The van der Waals surface area contributed by atoms with Crippen molar-refractivity contribution in [2.24, 2.45) is 0 Å². The average molecular weight is 383 g/mol. The molecule has 2 aromatic carbocycles. The predicted octanol–water partition coefficient (Wildman–Crippen LogP) is 1.83. The number of carboxylic acids is 1. The van der Waals surface area contributed by atoms with Gasteiger partial charge in [-0.05, 0) is 36.4 Å². The van der Waals surface area contributed by atoms with Crippen molar-refractivity contribution in [3.8, 4) is 11.8 Å². The molecule has 0 saturated heterocycles. The van der Waals surface area contributed by atoms with Gasteiger partial charge in [-0.25, -0.2) is 17.9 Å². The smallest absolute Gasteiger partial charge is 0.335 e. The van der Waals surface area contributed by atoms with Gasteiger partial charge in [-0.1, -0.05) is 12.1 Å². The number of nitriles is 1. The van der Waals surface area contributed by atoms with Crippen LogP contribution in [0.1, 0.15) is 15.9 Å². The van der Waals surface area contributed by atoms with Crippen molar-refractivity contribution in [1.29, 1.82) is 5.26 Å². The van der Waals surface area contributed by atoms with Gasteiger partial charge in [0.2, 0.25) is 0 Å². The third kappa shape index (κ3) is 3.44. The first-order chi connectivity index (χ1) is 12.8. The van der Waals surface area contributed by atoms with E-state index in [9.17, 15) is 13.2 Å². The van der Waals surface area contributed by atoms with Crippen molar-refractivity contribution in [1.82, 2.24) is 9.78 Å². The Kier molecular flexibility index (Phi) is 4.53. The molecule has 0 amide bonds. The van der Waals surface area contributed by atoms with E-state index in [0.29, 0.717) is 5.69 Å². The number of hydrogen-bond acceptors (Lipinski definition) is 6. The quantitative estimate of drug-likeness (QED) is 0.608. The summed E-state index contributed by atoms with van der Waals surface area (Å²) in [6.45, 7) is 0. The molecule has 1 aromatic heterocycles. The molecule has 4 N–H and O–H groups in total. The number of nitrogens with one attached hydrogen (secondary N) is 1. The second-order valence-electron chi connectivity index (χ2n) is 5.42. The van der Waals surface area contributed by atoms with Gasteiger partial charge in [-0.2, -0.15) is 10.4 Å². The Hall–Kier alpha value is -3.84. The lowest BCUT2D eigenvalue weighted by Crippen LogP contribution is -2.15. The molecule has 1 heterocycles. The summed E-state index contributed by atoms with van der Waals surface area (Å²) in [4.78, 5) is 10.8. The van der Waals surface area contributed by atoms with Gasteiger partial charge in [0.15, 0.2) is 0 Å². The standard InChI is InChI=1S/C17H13N5O4S/c18-9-12-10-20-22(16(12)19)15-4-2-1-3-14(15)21-27(25,26)13-7-5-11(6-8-13)17(23)24/h1-8,10,21H,19H2,(H,23,24). The van der Waals surface area contributed by atoms with Gasteiger partial charge in [0.05, 0.1) is 28.0 Å². The largest absolute Gasteiger partial charge is 0.478 e. The molecule has 9 nitrogen and oxygen atoms in total. The van der Waals surface area contributed by atoms with E-state index in [-0.39, 0.29) is 27.5 Å². The molecule has 136 valence electrons. The van der Waals surface area contributed by atoms with Crippen molar-refractivity contribution >= 4 is 27.5 Å². The van der Waals surface area contributed by atoms with Crippen molar-refractivity contribution in [3.05, 3.63) is 65.9 Å². The number of rotatable bonds is 5. The normalized spacial score (nSPS) is 10.9. The van der Waals surface area contributed by atoms with Gasteiger partial charge in [-0.15, -0.1) is 0 Å². The highest BCUT2D eigenvalue weighted by Gasteiger charge is 2.19. The number of carbonyl (C=O) groups is 1. The maximum Gasteiger partial charge on any atom is 0.335 e. The number of nitrogens with two attached hydrogens (primary N) is 1. The summed E-state index contributed by atoms with van der Waals surface area (Å²) in [5, 5.41) is 21.9. The zero-order valence-corrected chi connectivity index (χ0v) is 14.5. The fourth-order valence-corrected chi connectivity index (χ4v) is 3.44. The van der Waals surface area contributed by atoms with E-state index < -0.39 is 16.0 Å². The predicted molar refractivity (Wildman–Crippen MR) is 96.9 cm³/mol. The number of nitrogen functional groups attached to an aromatic ring is 1. The molecule has 0 bridgehead atoms. The molecule has 0 saturated carbocycles. The monoisotopic (exact) mass is 383 g/mol. The van der Waals surface area contributed by atoms with E-state index in [1.54, 1.807) is 18.2 Å². The summed E-state index contributed by atoms with van der Waals surface area (Å²) < 4.78 is 29.0. The van der Waals surface area contributed by atoms with Crippen LogP contribution in [0.3, 0.4) is 0 Å². The van der Waals surface area contributed by atoms with E-state index in [1.165, 1.54) is 41.2 Å². The zero-order chi connectivity index (χ0) is 19.6. The second-order valence-corrected chi connectivity index (χ2v) is 7.10. The summed E-state index contributed by atoms with van der Waals surface area (Å²) >= 11 is 0. The second kappa shape index (κ2) is 6.81. The van der Waals surface area contributed by atoms with Crippen LogP contribution in [0.15, 0.2) is 59.6 Å². The topological polar surface area (TPSA) is 151 Å². The zero-order valence-electron chi connectivity index (χ0n) is 13.7. The van der Waals surface area contributed by atoms with Crippen LogP contribution in [0.4, 0.5) is 11.5 Å². The van der Waals surface area contributed by atoms with Gasteiger partial charge >= 0.3 is 5.97 Å². The first-order valence-corrected chi connectivity index (χ1v) is 9.01. The minimum atomic E-state index is -3.99. The third-order valence-corrected chi connectivity index (χ3v) is 5.10. The summed E-state index contributed by atoms with van der Waals surface area (Å²) in [7, 11) is -3.99. The Balaban J connectivity index is 1.99. The molecule has 0 aliphatic rings. The molecule has 10 heteroatoms. The van der Waals surface area contributed by atoms with Crippen LogP contribution in [0.5, 0.6) is 0 Å². The first-order valence-electron chi connectivity index (χ1n) is 7.52. The van der Waals surface area contributed by atoms with E-state index in [1.807, 2.05) is 6.07 Å². The summed E-state index contributed by atoms with van der Waals surface area (Å²) in [5.74, 6) is -1.07. The number of hydrogen-bond donors (Lipinski definition) is 3. The molecule has 0 radical (unpaired) electrons. The SMILES string of the molecule is N#Cc1cnn(-c2ccccc2NS(=O)(=O)c2ccc(C(=O)O)cc2)c1N. The third-order valence-electron chi connectivity index (χ3n) is 3.72. The van der Waals surface area contributed by atoms with Gasteiger partial charge in [0, 0.05) is 0 Å². The van der Waals surface area contributed by atoms with E-state index >= 15 is 0 Å². The molecule has 27 heavy (non-hydrogen) atoms. The van der Waals surface area contributed by atoms with Gasteiger partial charge < -0.3 is 10.8 Å². The maximum atomic E-state index is 12.6. The molecule has 0 fully saturated rings. The fourth-order valence-electron chi connectivity index (χ4n) is 2.36. The molecule has 0 aliphatic carbocycles. The Morgan fingerprint density at radius 2 is 1.85 bits per heavy atom. The summed E-state index contributed by atoms with van der Waals surface area (Å²) in [6.07, 6.45) is 1.28. The highest BCUT2D eigenvalue weighted by Crippen LogP contribution is 2.26. The van der Waals surface area contributed by atoms with Crippen molar-refractivity contribution in [2.75, 3.05) is 10.5 Å². The minimum Gasteiger partial charge on any atom is -0.478 e. The van der Waals surface area contributed by atoms with Crippen LogP contribution in [-0.4, -0.2) is 29.3 Å². The Morgan fingerprint density at radius 1 is 1.19 bits per heavy atom. The lowest BCUT2D eigenvalue weighted by atomic mass is 10.2. The molecule has 3 aromatic rings. The highest BCUT2D eigenvalue weighted by atomic mass is 32.2. The van der Waals surface area contributed by atoms with Gasteiger partial charge in [0.1, 0.15) is 17.5 Å². The molecular formula is C17H13N5O4S. The van der Waals surface area contributed by atoms with Crippen LogP contribution in [0.2, 0.25) is 0 Å². The van der Waals surface area contributed by atoms with Crippen molar-refractivity contribution < 1.29 is 18.3 Å². The number of anilines is 2. The van der Waals surface area contributed by atoms with Crippen LogP contribution >= 0.6 is 0 Å². The summed E-state index contributed by atoms with van der Waals surface area (Å²) in [6, 6.07) is 13.1. The van der Waals surface area contributed by atoms with Gasteiger partial charge in [-0.3, -0.25) is 4.72 Å². The lowest BCUT2D eigenvalue weighted by Gasteiger charge is -2.13. The highest BCUT2D eigenvalue weighted by molar-refractivity contribution is 7.92. The molecular weight excluding hydrogens is 370 g/mol. The van der Waals surface area contributed by atoms with Gasteiger partial charge in [0.25, 0.3) is 10.0 Å². The first kappa shape index (κ1) is 18.0. The van der Waals surface area contributed by atoms with Crippen LogP contribution < -0.4 is 10.5 Å². The maximum absolute atomic E-state index is 12.6. The van der Waals surface area contributed by atoms with Crippen LogP contribution in [-0.2, 0) is 10.0 Å². The van der Waals surface area contributed by atoms with Crippen molar-refractivity contribution in [2.45, 2.75) is 4.90 Å². The molecule has 0 spiro atoms. The Bertz CT molecular complexity index is 1160. The molecule has 0 atom stereocenters. The number of benzene rings is 2. The van der Waals surface area contributed by atoms with E-state index in [0.717, 1.165) is 0 Å². The molecule has 3 rings (SSSR count). The number of sulfonamides is 1. The number of aromatic carboxylic acids is 1. The number of carboxylic acid groups (broad SMARTS) is 1. The lowest BCUT2D eigenvalue weighted by molar-refractivity contribution is 0.0696. The number of para-hydroxylation sites is 2. The van der Waals surface area contributed by atoms with E-state index in [2.05, 4.69) is 9.82 Å². The fraction of sp³-hybridized carbons (Fsp3) is 0. The Labute approximate surface area is 154 Å². The average Bonchev–Trinajstić information content (AvgIpc) is 3.02. The number of aromatic nitrogens is 2. The van der Waals surface area contributed by atoms with E-state index in [4.69, 9.17) is 16.1 Å². The van der Waals surface area contributed by atoms with Crippen LogP contribution in [0.25, 0.3) is 5.69 Å². The molecule has 0 aliphatic heterocycles. The van der Waals surface area contributed by atoms with Crippen LogP contribution in [0, 0.1) is 11.3 Å².